The third-order valence-corrected chi connectivity index (χ3v) is 4.07. The minimum atomic E-state index is -0.845. The molecule has 0 saturated heterocycles. The Kier molecular flexibility index (Phi) is 3.31. The standard InChI is InChI=1S/C15H10FNO3S/c16-9-4-1-3-8(7-9)12-11(14(19)15(20)17-12)13(18)10-5-2-6-21-10/h1-7,12,19H,(H,17,20)/t12-/m1/s1. The molecular formula is C15H10FNO3S. The van der Waals surface area contributed by atoms with Gasteiger partial charge in [-0.25, -0.2) is 4.39 Å². The van der Waals surface area contributed by atoms with Crippen molar-refractivity contribution in [3.8, 4) is 0 Å². The number of carbonyl (C=O) groups excluding carboxylic acids is 2. The van der Waals surface area contributed by atoms with Gasteiger partial charge in [0.05, 0.1) is 16.5 Å². The van der Waals surface area contributed by atoms with Crippen LogP contribution in [0.4, 0.5) is 4.39 Å². The number of benzene rings is 1. The summed E-state index contributed by atoms with van der Waals surface area (Å²) in [4.78, 5) is 24.5. The predicted octanol–water partition coefficient (Wildman–Crippen LogP) is 2.75. The number of hydrogen-bond acceptors (Lipinski definition) is 4. The zero-order valence-corrected chi connectivity index (χ0v) is 11.5. The summed E-state index contributed by atoms with van der Waals surface area (Å²) in [6.45, 7) is 0. The Hall–Kier alpha value is -2.47. The fourth-order valence-electron chi connectivity index (χ4n) is 2.25. The molecule has 1 atom stereocenters. The maximum atomic E-state index is 13.3. The van der Waals surface area contributed by atoms with Crippen molar-refractivity contribution < 1.29 is 19.1 Å². The molecule has 6 heteroatoms. The first-order chi connectivity index (χ1) is 10.1. The smallest absolute Gasteiger partial charge is 0.287 e. The summed E-state index contributed by atoms with van der Waals surface area (Å²) in [5.74, 6) is -2.25. The maximum Gasteiger partial charge on any atom is 0.287 e. The van der Waals surface area contributed by atoms with Crippen molar-refractivity contribution in [2.45, 2.75) is 6.04 Å². The largest absolute Gasteiger partial charge is 0.503 e. The molecule has 2 N–H and O–H groups in total. The quantitative estimate of drug-likeness (QED) is 0.857. The lowest BCUT2D eigenvalue weighted by molar-refractivity contribution is -0.119. The van der Waals surface area contributed by atoms with Crippen molar-refractivity contribution in [3.63, 3.8) is 0 Å². The van der Waals surface area contributed by atoms with Crippen LogP contribution in [0, 0.1) is 5.82 Å². The van der Waals surface area contributed by atoms with Crippen molar-refractivity contribution in [2.75, 3.05) is 0 Å². The van der Waals surface area contributed by atoms with Crippen LogP contribution in [0.3, 0.4) is 0 Å². The van der Waals surface area contributed by atoms with Gasteiger partial charge in [-0.2, -0.15) is 0 Å². The Bertz CT molecular complexity index is 752. The highest BCUT2D eigenvalue weighted by molar-refractivity contribution is 7.12. The summed E-state index contributed by atoms with van der Waals surface area (Å²) in [7, 11) is 0. The van der Waals surface area contributed by atoms with E-state index in [0.29, 0.717) is 10.4 Å². The lowest BCUT2D eigenvalue weighted by Gasteiger charge is -2.14. The SMILES string of the molecule is O=C1N[C@H](c2cccc(F)c2)C(C(=O)c2cccs2)=C1O. The molecule has 1 amide bonds. The molecule has 1 aromatic carbocycles. The van der Waals surface area contributed by atoms with Crippen LogP contribution in [0.15, 0.2) is 53.1 Å². The fourth-order valence-corrected chi connectivity index (χ4v) is 2.92. The third kappa shape index (κ3) is 2.34. The molecule has 2 aromatic rings. The van der Waals surface area contributed by atoms with Crippen LogP contribution in [0.5, 0.6) is 0 Å². The molecule has 1 aromatic heterocycles. The van der Waals surface area contributed by atoms with Gasteiger partial charge < -0.3 is 10.4 Å². The summed E-state index contributed by atoms with van der Waals surface area (Å²) >= 11 is 1.21. The first-order valence-corrected chi connectivity index (χ1v) is 7.03. The molecule has 0 saturated carbocycles. The molecule has 1 aliphatic rings. The Morgan fingerprint density at radius 2 is 2.10 bits per heavy atom. The van der Waals surface area contributed by atoms with Gasteiger partial charge in [-0.3, -0.25) is 9.59 Å². The molecule has 0 radical (unpaired) electrons. The van der Waals surface area contributed by atoms with Gasteiger partial charge in [0, 0.05) is 0 Å². The summed E-state index contributed by atoms with van der Waals surface area (Å²) in [5.41, 5.74) is 0.361. The van der Waals surface area contributed by atoms with E-state index < -0.39 is 29.3 Å². The maximum absolute atomic E-state index is 13.3. The summed E-state index contributed by atoms with van der Waals surface area (Å²) in [6.07, 6.45) is 0. The van der Waals surface area contributed by atoms with E-state index in [2.05, 4.69) is 5.32 Å². The Morgan fingerprint density at radius 3 is 2.76 bits per heavy atom. The number of Topliss-reactive ketones (excluding diaryl/α,β-unsaturated/α-hetero) is 1. The highest BCUT2D eigenvalue weighted by Crippen LogP contribution is 2.32. The van der Waals surface area contributed by atoms with E-state index in [4.69, 9.17) is 0 Å². The molecule has 0 bridgehead atoms. The summed E-state index contributed by atoms with van der Waals surface area (Å²) < 4.78 is 13.3. The van der Waals surface area contributed by atoms with Gasteiger partial charge in [0.15, 0.2) is 5.76 Å². The fraction of sp³-hybridized carbons (Fsp3) is 0.0667. The van der Waals surface area contributed by atoms with E-state index in [0.717, 1.165) is 0 Å². The first-order valence-electron chi connectivity index (χ1n) is 6.15. The number of thiophene rings is 1. The van der Waals surface area contributed by atoms with Crippen molar-refractivity contribution in [2.24, 2.45) is 0 Å². The molecule has 0 spiro atoms. The van der Waals surface area contributed by atoms with E-state index in [1.165, 1.54) is 29.5 Å². The zero-order chi connectivity index (χ0) is 15.0. The summed E-state index contributed by atoms with van der Waals surface area (Å²) in [6, 6.07) is 8.04. The number of aliphatic hydroxyl groups excluding tert-OH is 1. The highest BCUT2D eigenvalue weighted by Gasteiger charge is 2.37. The van der Waals surface area contributed by atoms with E-state index in [1.807, 2.05) is 0 Å². The Balaban J connectivity index is 2.06. The Labute approximate surface area is 123 Å². The molecule has 21 heavy (non-hydrogen) atoms. The number of halogens is 1. The Morgan fingerprint density at radius 1 is 1.29 bits per heavy atom. The van der Waals surface area contributed by atoms with Crippen molar-refractivity contribution in [1.82, 2.24) is 5.32 Å². The second kappa shape index (κ2) is 5.14. The van der Waals surface area contributed by atoms with E-state index in [9.17, 15) is 19.1 Å². The number of rotatable bonds is 3. The average molecular weight is 303 g/mol. The van der Waals surface area contributed by atoms with Crippen molar-refractivity contribution in [3.05, 3.63) is 69.4 Å². The number of amides is 1. The van der Waals surface area contributed by atoms with Crippen molar-refractivity contribution >= 4 is 23.0 Å². The minimum absolute atomic E-state index is 0.0481. The normalized spacial score (nSPS) is 18.0. The second-order valence-electron chi connectivity index (χ2n) is 4.53. The average Bonchev–Trinajstić information content (AvgIpc) is 3.08. The van der Waals surface area contributed by atoms with Gasteiger partial charge >= 0.3 is 0 Å². The van der Waals surface area contributed by atoms with E-state index in [1.54, 1.807) is 23.6 Å². The number of ketones is 1. The molecule has 0 aliphatic carbocycles. The van der Waals surface area contributed by atoms with Gasteiger partial charge in [0.2, 0.25) is 5.78 Å². The van der Waals surface area contributed by atoms with Crippen LogP contribution in [0.25, 0.3) is 0 Å². The van der Waals surface area contributed by atoms with Gasteiger partial charge in [-0.15, -0.1) is 11.3 Å². The van der Waals surface area contributed by atoms with E-state index >= 15 is 0 Å². The van der Waals surface area contributed by atoms with E-state index in [-0.39, 0.29) is 5.57 Å². The van der Waals surface area contributed by atoms with Gasteiger partial charge in [-0.05, 0) is 29.1 Å². The zero-order valence-electron chi connectivity index (χ0n) is 10.7. The predicted molar refractivity (Wildman–Crippen MR) is 75.6 cm³/mol. The molecule has 0 fully saturated rings. The minimum Gasteiger partial charge on any atom is -0.503 e. The molecule has 2 heterocycles. The molecule has 1 aliphatic heterocycles. The number of nitrogens with one attached hydrogen (secondary N) is 1. The van der Waals surface area contributed by atoms with Gasteiger partial charge in [-0.1, -0.05) is 18.2 Å². The van der Waals surface area contributed by atoms with Gasteiger partial charge in [0.25, 0.3) is 5.91 Å². The number of aliphatic hydroxyl groups is 1. The lowest BCUT2D eigenvalue weighted by atomic mass is 9.96. The first kappa shape index (κ1) is 13.5. The van der Waals surface area contributed by atoms with Crippen LogP contribution >= 0.6 is 11.3 Å². The summed E-state index contributed by atoms with van der Waals surface area (Å²) in [5, 5.41) is 14.1. The second-order valence-corrected chi connectivity index (χ2v) is 5.48. The van der Waals surface area contributed by atoms with Crippen LogP contribution in [0.1, 0.15) is 21.3 Å². The highest BCUT2D eigenvalue weighted by atomic mass is 32.1. The van der Waals surface area contributed by atoms with Crippen LogP contribution < -0.4 is 5.32 Å². The molecule has 4 nitrogen and oxygen atoms in total. The number of carbonyl (C=O) groups is 2. The topological polar surface area (TPSA) is 66.4 Å². The molecular weight excluding hydrogens is 293 g/mol. The van der Waals surface area contributed by atoms with Crippen LogP contribution in [-0.2, 0) is 4.79 Å². The number of hydrogen-bond donors (Lipinski definition) is 2. The molecule has 3 rings (SSSR count). The lowest BCUT2D eigenvalue weighted by Crippen LogP contribution is -2.23. The molecule has 0 unspecified atom stereocenters. The molecule has 106 valence electrons. The monoisotopic (exact) mass is 303 g/mol. The van der Waals surface area contributed by atoms with Crippen molar-refractivity contribution in [1.29, 1.82) is 0 Å². The van der Waals surface area contributed by atoms with Crippen LogP contribution in [-0.4, -0.2) is 16.8 Å². The van der Waals surface area contributed by atoms with Crippen LogP contribution in [0.2, 0.25) is 0 Å². The third-order valence-electron chi connectivity index (χ3n) is 3.21. The van der Waals surface area contributed by atoms with Gasteiger partial charge in [0.1, 0.15) is 5.82 Å².